The second-order valence-electron chi connectivity index (χ2n) is 0.848. The summed E-state index contributed by atoms with van der Waals surface area (Å²) >= 11 is -10.8. The molecule has 0 aliphatic rings. The predicted molar refractivity (Wildman–Crippen MR) is 56.1 cm³/mol. The first kappa shape index (κ1) is 36.0. The molecule has 0 aromatic carbocycles. The third-order valence-corrected chi connectivity index (χ3v) is 0. The fraction of sp³-hybridized carbons (Fsp3) is 0. The molecular formula is H14Bi2Ge3O10. The van der Waals surface area contributed by atoms with Crippen molar-refractivity contribution in [3.8, 4) is 0 Å². The minimum absolute atomic E-state index is 0. The third-order valence-electron chi connectivity index (χ3n) is 0. The Morgan fingerprint density at radius 1 is 0.533 bits per heavy atom. The topological polar surface area (TPSA) is 204 Å². The summed E-state index contributed by atoms with van der Waals surface area (Å²) in [5.41, 5.74) is 0. The van der Waals surface area contributed by atoms with Gasteiger partial charge < -0.3 is 5.48 Å². The van der Waals surface area contributed by atoms with Crippen LogP contribution in [0, 0.1) is 0 Å². The van der Waals surface area contributed by atoms with Crippen molar-refractivity contribution in [3.05, 3.63) is 0 Å². The van der Waals surface area contributed by atoms with Crippen LogP contribution in [0.5, 0.6) is 0 Å². The monoisotopic (exact) mass is 814 g/mol. The maximum atomic E-state index is 8.81. The Labute approximate surface area is 137 Å². The normalized spacial score (nSPS) is 4.80. The summed E-state index contributed by atoms with van der Waals surface area (Å²) in [6.07, 6.45) is 0. The zero-order chi connectivity index (χ0) is 10.7. The quantitative estimate of drug-likeness (QED) is 0.129. The summed E-state index contributed by atoms with van der Waals surface area (Å²) in [6, 6.07) is 0. The fourth-order valence-electron chi connectivity index (χ4n) is 0. The molecule has 0 aromatic heterocycles. The SMILES string of the molecule is O.[BiH3].[BiH3].[O]=[Ge]([OH])[OH].[O]=[Ge]([OH])[OH].[O]=[Ge]([OH])[OH]. The number of hydrogen-bond acceptors (Lipinski definition) is 3. The fourth-order valence-corrected chi connectivity index (χ4v) is 0. The molecule has 0 bridgehead atoms. The average Bonchev–Trinajstić information content (AvgIpc) is 1.54. The molecule has 96 valence electrons. The Morgan fingerprint density at radius 3 is 0.533 bits per heavy atom. The van der Waals surface area contributed by atoms with Crippen molar-refractivity contribution in [3.63, 3.8) is 0 Å². The molecule has 0 rings (SSSR count). The second kappa shape index (κ2) is 29.6. The van der Waals surface area contributed by atoms with E-state index in [1.165, 1.54) is 0 Å². The summed E-state index contributed by atoms with van der Waals surface area (Å²) in [6.45, 7) is 0. The zero-order valence-corrected chi connectivity index (χ0v) is 24.6. The van der Waals surface area contributed by atoms with E-state index in [4.69, 9.17) is 36.1 Å². The molecule has 0 spiro atoms. The van der Waals surface area contributed by atoms with Crippen LogP contribution < -0.4 is 0 Å². The van der Waals surface area contributed by atoms with Crippen molar-refractivity contribution in [1.82, 2.24) is 0 Å². The van der Waals surface area contributed by atoms with Gasteiger partial charge in [-0.05, 0) is 0 Å². The van der Waals surface area contributed by atoms with E-state index in [0.29, 0.717) is 0 Å². The Hall–Kier alpha value is 1.55. The molecule has 15 heteroatoms. The van der Waals surface area contributed by atoms with E-state index in [2.05, 4.69) is 0 Å². The van der Waals surface area contributed by atoms with E-state index in [0.717, 1.165) is 0 Å². The molecule has 0 aliphatic heterocycles. The Balaban J connectivity index is -0.0000000184. The molecule has 0 fully saturated rings. The van der Waals surface area contributed by atoms with Crippen LogP contribution in [-0.2, 0) is 11.3 Å². The van der Waals surface area contributed by atoms with Crippen LogP contribution in [0.4, 0.5) is 0 Å². The second-order valence-corrected chi connectivity index (χ2v) is 4.40. The first-order chi connectivity index (χ1) is 5.20. The van der Waals surface area contributed by atoms with Gasteiger partial charge in [0.05, 0.1) is 0 Å². The van der Waals surface area contributed by atoms with Gasteiger partial charge in [-0.15, -0.1) is 0 Å². The van der Waals surface area contributed by atoms with Gasteiger partial charge in [0, 0.05) is 0 Å². The van der Waals surface area contributed by atoms with Crippen molar-refractivity contribution >= 4 is 97.3 Å². The molecule has 10 nitrogen and oxygen atoms in total. The molecule has 15 heavy (non-hydrogen) atoms. The number of hydrogen-bond donors (Lipinski definition) is 6. The summed E-state index contributed by atoms with van der Waals surface area (Å²) in [7, 11) is 0. The Bertz CT molecular complexity index is 116. The van der Waals surface area contributed by atoms with E-state index < -0.39 is 44.9 Å². The average molecular weight is 810 g/mol. The van der Waals surface area contributed by atoms with Crippen LogP contribution in [0.2, 0.25) is 0 Å². The molecule has 0 radical (unpaired) electrons. The van der Waals surface area contributed by atoms with E-state index in [-0.39, 0.29) is 57.9 Å². The molecule has 0 saturated carbocycles. The van der Waals surface area contributed by atoms with Gasteiger partial charge in [-0.2, -0.15) is 0 Å². The van der Waals surface area contributed by atoms with Crippen molar-refractivity contribution in [2.24, 2.45) is 0 Å². The van der Waals surface area contributed by atoms with Gasteiger partial charge in [-0.25, -0.2) is 0 Å². The van der Waals surface area contributed by atoms with Gasteiger partial charge >= 0.3 is 133 Å². The van der Waals surface area contributed by atoms with Crippen molar-refractivity contribution in [1.29, 1.82) is 0 Å². The molecule has 0 aliphatic carbocycles. The van der Waals surface area contributed by atoms with Crippen LogP contribution >= 0.6 is 0 Å². The van der Waals surface area contributed by atoms with Gasteiger partial charge in [0.25, 0.3) is 0 Å². The van der Waals surface area contributed by atoms with Crippen LogP contribution in [0.15, 0.2) is 0 Å². The van der Waals surface area contributed by atoms with Gasteiger partial charge in [-0.3, -0.25) is 0 Å². The molecule has 0 unspecified atom stereocenters. The van der Waals surface area contributed by atoms with E-state index in [9.17, 15) is 0 Å². The van der Waals surface area contributed by atoms with E-state index >= 15 is 0 Å². The standard InChI is InChI=1S/2Bi.3GeH2O3.H2O.6H/c;;3*2-1(3)4;;;;;;;/h;;3*2-3H;1H2;;;;;;. The maximum absolute atomic E-state index is 8.81. The van der Waals surface area contributed by atoms with Crippen molar-refractivity contribution in [2.75, 3.05) is 0 Å². The van der Waals surface area contributed by atoms with Gasteiger partial charge in [0.15, 0.2) is 0 Å². The van der Waals surface area contributed by atoms with Crippen LogP contribution in [0.3, 0.4) is 0 Å². The summed E-state index contributed by atoms with van der Waals surface area (Å²) in [4.78, 5) is 0. The van der Waals surface area contributed by atoms with Crippen LogP contribution in [-0.4, -0.2) is 128 Å². The first-order valence-corrected chi connectivity index (χ1v) is 10.2. The zero-order valence-electron chi connectivity index (χ0n) is 7.32. The summed E-state index contributed by atoms with van der Waals surface area (Å²) in [5, 5.41) is 0. The predicted octanol–water partition coefficient (Wildman–Crippen LogP) is -8.03. The molecule has 0 atom stereocenters. The Morgan fingerprint density at radius 2 is 0.533 bits per heavy atom. The molecular weight excluding hydrogens is 796 g/mol. The van der Waals surface area contributed by atoms with Gasteiger partial charge in [-0.1, -0.05) is 0 Å². The molecule has 8 N–H and O–H groups in total. The van der Waals surface area contributed by atoms with E-state index in [1.54, 1.807) is 0 Å². The van der Waals surface area contributed by atoms with E-state index in [1.807, 2.05) is 0 Å². The van der Waals surface area contributed by atoms with Gasteiger partial charge in [0.1, 0.15) is 0 Å². The molecule has 0 saturated heterocycles. The summed E-state index contributed by atoms with van der Waals surface area (Å²) in [5.74, 6) is 0. The van der Waals surface area contributed by atoms with Crippen molar-refractivity contribution < 1.29 is 41.6 Å². The van der Waals surface area contributed by atoms with Gasteiger partial charge in [0.2, 0.25) is 0 Å². The number of rotatable bonds is 0. The third kappa shape index (κ3) is 1180. The molecule has 0 heterocycles. The Kier molecular flexibility index (Phi) is 70.9. The summed E-state index contributed by atoms with van der Waals surface area (Å²) < 4.78 is 69.8. The van der Waals surface area contributed by atoms with Crippen molar-refractivity contribution in [2.45, 2.75) is 0 Å². The molecule has 0 aromatic rings. The minimum atomic E-state index is -3.58. The van der Waals surface area contributed by atoms with Crippen LogP contribution in [0.1, 0.15) is 0 Å². The first-order valence-electron chi connectivity index (χ1n) is 1.95. The van der Waals surface area contributed by atoms with Crippen LogP contribution in [0.25, 0.3) is 0 Å². The molecule has 0 amide bonds.